The molecule has 2 aliphatic rings. The lowest BCUT2D eigenvalue weighted by Crippen LogP contribution is -2.59. The van der Waals surface area contributed by atoms with Gasteiger partial charge >= 0.3 is 0 Å². The number of rotatable bonds is 8. The van der Waals surface area contributed by atoms with Crippen molar-refractivity contribution in [2.75, 3.05) is 19.0 Å². The molecule has 6 unspecified atom stereocenters. The number of anilines is 1. The molecule has 0 aromatic heterocycles. The Bertz CT molecular complexity index is 1200. The molecule has 222 valence electrons. The molecule has 2 aromatic carbocycles. The van der Waals surface area contributed by atoms with Gasteiger partial charge in [-0.15, -0.1) is 0 Å². The van der Waals surface area contributed by atoms with E-state index >= 15 is 0 Å². The minimum Gasteiger partial charge on any atom is -0.497 e. The van der Waals surface area contributed by atoms with Gasteiger partial charge in [0.1, 0.15) is 11.8 Å². The van der Waals surface area contributed by atoms with Crippen LogP contribution in [0.4, 0.5) is 5.69 Å². The fourth-order valence-electron chi connectivity index (χ4n) is 6.14. The van der Waals surface area contributed by atoms with Gasteiger partial charge in [0.2, 0.25) is 17.7 Å². The van der Waals surface area contributed by atoms with Crippen LogP contribution in [0.25, 0.3) is 0 Å². The van der Waals surface area contributed by atoms with Crippen LogP contribution in [-0.4, -0.2) is 54.5 Å². The zero-order valence-electron chi connectivity index (χ0n) is 25.0. The molecule has 4 rings (SSSR count). The first-order valence-electron chi connectivity index (χ1n) is 14.9. The fraction of sp³-hybridized carbons (Fsp3) is 0.545. The van der Waals surface area contributed by atoms with Crippen molar-refractivity contribution in [2.24, 2.45) is 17.8 Å². The summed E-state index contributed by atoms with van der Waals surface area (Å²) in [5.74, 6) is -1.07. The Morgan fingerprint density at radius 1 is 1.05 bits per heavy atom. The molecule has 2 aromatic rings. The molecular formula is C33H45N3O5. The third-order valence-electron chi connectivity index (χ3n) is 8.73. The van der Waals surface area contributed by atoms with Gasteiger partial charge in [-0.2, -0.15) is 0 Å². The highest BCUT2D eigenvalue weighted by Crippen LogP contribution is 2.31. The quantitative estimate of drug-likeness (QED) is 0.466. The number of amides is 3. The monoisotopic (exact) mass is 563 g/mol. The number of hydrogen-bond donors (Lipinski definition) is 2. The highest BCUT2D eigenvalue weighted by Gasteiger charge is 2.45. The van der Waals surface area contributed by atoms with Gasteiger partial charge in [0, 0.05) is 24.3 Å². The third kappa shape index (κ3) is 7.47. The summed E-state index contributed by atoms with van der Waals surface area (Å²) in [4.78, 5) is 43.5. The van der Waals surface area contributed by atoms with Gasteiger partial charge in [-0.3, -0.25) is 14.4 Å². The first-order valence-corrected chi connectivity index (χ1v) is 14.9. The molecule has 1 saturated carbocycles. The largest absolute Gasteiger partial charge is 0.497 e. The summed E-state index contributed by atoms with van der Waals surface area (Å²) < 4.78 is 11.6. The summed E-state index contributed by atoms with van der Waals surface area (Å²) in [7, 11) is 1.57. The second kappa shape index (κ2) is 14.0. The van der Waals surface area contributed by atoms with Crippen LogP contribution in [0.1, 0.15) is 64.0 Å². The fourth-order valence-corrected chi connectivity index (χ4v) is 6.14. The van der Waals surface area contributed by atoms with E-state index in [1.54, 1.807) is 36.3 Å². The topological polar surface area (TPSA) is 97.0 Å². The smallest absolute Gasteiger partial charge is 0.245 e. The predicted molar refractivity (Wildman–Crippen MR) is 159 cm³/mol. The maximum Gasteiger partial charge on any atom is 0.245 e. The zero-order chi connectivity index (χ0) is 29.5. The molecule has 0 radical (unpaired) electrons. The Hall–Kier alpha value is -3.39. The van der Waals surface area contributed by atoms with Gasteiger partial charge in [0.15, 0.2) is 0 Å². The molecule has 1 aliphatic heterocycles. The first kappa shape index (κ1) is 30.6. The molecule has 0 spiro atoms. The molecule has 0 bridgehead atoms. The summed E-state index contributed by atoms with van der Waals surface area (Å²) in [5.41, 5.74) is 2.63. The number of aryl methyl sites for hydroxylation is 1. The maximum atomic E-state index is 14.4. The average molecular weight is 564 g/mol. The standard InChI is InChI=1S/C33H45N3O5/c1-6-27-30(32(38)34-25-11-9-12-26(18-25)40-5)23(4)41-20-29(31(37)35-28-13-8-7-10-22(28)3)36(33(27)39)19-24-16-14-21(2)15-17-24/h9,11-12,14-18,22-23,27-30H,6-8,10,13,19-20H2,1-5H3,(H,34,38)(H,35,37). The normalized spacial score (nSPS) is 27.0. The lowest BCUT2D eigenvalue weighted by atomic mass is 9.82. The van der Waals surface area contributed by atoms with Gasteiger partial charge < -0.3 is 25.0 Å². The third-order valence-corrected chi connectivity index (χ3v) is 8.73. The van der Waals surface area contributed by atoms with Gasteiger partial charge in [-0.25, -0.2) is 0 Å². The number of carbonyl (C=O) groups excluding carboxylic acids is 3. The minimum absolute atomic E-state index is 0.0189. The average Bonchev–Trinajstić information content (AvgIpc) is 2.96. The first-order chi connectivity index (χ1) is 19.7. The van der Waals surface area contributed by atoms with Crippen molar-refractivity contribution >= 4 is 23.4 Å². The van der Waals surface area contributed by atoms with Crippen molar-refractivity contribution in [1.29, 1.82) is 0 Å². The molecular weight excluding hydrogens is 518 g/mol. The molecule has 2 N–H and O–H groups in total. The summed E-state index contributed by atoms with van der Waals surface area (Å²) >= 11 is 0. The van der Waals surface area contributed by atoms with E-state index in [0.717, 1.165) is 30.4 Å². The Labute approximate surface area is 244 Å². The van der Waals surface area contributed by atoms with Crippen molar-refractivity contribution in [3.8, 4) is 5.75 Å². The van der Waals surface area contributed by atoms with Crippen molar-refractivity contribution in [1.82, 2.24) is 10.2 Å². The molecule has 8 heteroatoms. The molecule has 1 heterocycles. The van der Waals surface area contributed by atoms with Gasteiger partial charge in [-0.05, 0) is 56.7 Å². The van der Waals surface area contributed by atoms with Crippen molar-refractivity contribution in [2.45, 2.75) is 84.5 Å². The predicted octanol–water partition coefficient (Wildman–Crippen LogP) is 5.10. The number of nitrogens with zero attached hydrogens (tertiary/aromatic N) is 1. The van der Waals surface area contributed by atoms with Crippen LogP contribution in [0.3, 0.4) is 0 Å². The Balaban J connectivity index is 1.63. The second-order valence-electron chi connectivity index (χ2n) is 11.6. The van der Waals surface area contributed by atoms with E-state index in [1.807, 2.05) is 45.0 Å². The van der Waals surface area contributed by atoms with Crippen molar-refractivity contribution in [3.63, 3.8) is 0 Å². The Morgan fingerprint density at radius 2 is 1.78 bits per heavy atom. The van der Waals surface area contributed by atoms with Crippen molar-refractivity contribution in [3.05, 3.63) is 59.7 Å². The number of carbonyl (C=O) groups is 3. The highest BCUT2D eigenvalue weighted by molar-refractivity contribution is 5.97. The van der Waals surface area contributed by atoms with E-state index in [0.29, 0.717) is 23.8 Å². The van der Waals surface area contributed by atoms with Gasteiger partial charge in [0.25, 0.3) is 0 Å². The van der Waals surface area contributed by atoms with E-state index in [2.05, 4.69) is 17.6 Å². The van der Waals surface area contributed by atoms with E-state index in [1.165, 1.54) is 6.42 Å². The van der Waals surface area contributed by atoms with E-state index in [4.69, 9.17) is 9.47 Å². The van der Waals surface area contributed by atoms with Crippen molar-refractivity contribution < 1.29 is 23.9 Å². The number of methoxy groups -OCH3 is 1. The molecule has 3 amide bonds. The zero-order valence-corrected chi connectivity index (χ0v) is 25.0. The van der Waals surface area contributed by atoms with Crippen LogP contribution in [-0.2, 0) is 25.7 Å². The molecule has 6 atom stereocenters. The van der Waals surface area contributed by atoms with Crippen LogP contribution >= 0.6 is 0 Å². The summed E-state index contributed by atoms with van der Waals surface area (Å²) in [6.07, 6.45) is 4.14. The number of benzene rings is 2. The van der Waals surface area contributed by atoms with E-state index < -0.39 is 24.0 Å². The van der Waals surface area contributed by atoms with Crippen LogP contribution in [0, 0.1) is 24.7 Å². The van der Waals surface area contributed by atoms with E-state index in [-0.39, 0.29) is 36.9 Å². The molecule has 8 nitrogen and oxygen atoms in total. The number of nitrogens with one attached hydrogen (secondary N) is 2. The molecule has 1 aliphatic carbocycles. The molecule has 2 fully saturated rings. The number of ether oxygens (including phenoxy) is 2. The van der Waals surface area contributed by atoms with Crippen LogP contribution in [0.2, 0.25) is 0 Å². The van der Waals surface area contributed by atoms with Gasteiger partial charge in [-0.1, -0.05) is 62.6 Å². The Kier molecular flexibility index (Phi) is 10.4. The number of hydrogen-bond acceptors (Lipinski definition) is 5. The Morgan fingerprint density at radius 3 is 2.46 bits per heavy atom. The summed E-state index contributed by atoms with van der Waals surface area (Å²) in [5, 5.41) is 6.22. The SMILES string of the molecule is CCC1C(=O)N(Cc2ccc(C)cc2)C(C(=O)NC2CCCCC2C)COC(C)C1C(=O)Nc1cccc(OC)c1. The van der Waals surface area contributed by atoms with E-state index in [9.17, 15) is 14.4 Å². The van der Waals surface area contributed by atoms with Crippen LogP contribution < -0.4 is 15.4 Å². The lowest BCUT2D eigenvalue weighted by molar-refractivity contribution is -0.160. The highest BCUT2D eigenvalue weighted by atomic mass is 16.5. The molecule has 1 saturated heterocycles. The summed E-state index contributed by atoms with van der Waals surface area (Å²) in [6.45, 7) is 8.20. The van der Waals surface area contributed by atoms with Crippen LogP contribution in [0.15, 0.2) is 48.5 Å². The van der Waals surface area contributed by atoms with Crippen LogP contribution in [0.5, 0.6) is 5.75 Å². The molecule has 41 heavy (non-hydrogen) atoms. The summed E-state index contributed by atoms with van der Waals surface area (Å²) in [6, 6.07) is 14.4. The second-order valence-corrected chi connectivity index (χ2v) is 11.6. The lowest BCUT2D eigenvalue weighted by Gasteiger charge is -2.41. The minimum atomic E-state index is -0.795. The van der Waals surface area contributed by atoms with Gasteiger partial charge in [0.05, 0.1) is 31.7 Å². The maximum absolute atomic E-state index is 14.4.